The summed E-state index contributed by atoms with van der Waals surface area (Å²) in [5, 5.41) is 10.1. The molecule has 1 aliphatic carbocycles. The van der Waals surface area contributed by atoms with Crippen LogP contribution in [0.25, 0.3) is 22.2 Å². The van der Waals surface area contributed by atoms with Gasteiger partial charge in [-0.2, -0.15) is 0 Å². The molecule has 3 heteroatoms. The SMILES string of the molecule is CC1(C)CCC(C)(C)c2cc(-c3cc4cc(C(=O)O)ccc4[nH]3)ccc21. The van der Waals surface area contributed by atoms with Crippen molar-refractivity contribution >= 4 is 16.9 Å². The van der Waals surface area contributed by atoms with E-state index in [-0.39, 0.29) is 10.8 Å². The number of carboxylic acid groups (broad SMARTS) is 1. The Morgan fingerprint density at radius 3 is 2.31 bits per heavy atom. The first-order valence-corrected chi connectivity index (χ1v) is 9.19. The average Bonchev–Trinajstić information content (AvgIpc) is 3.02. The molecule has 4 rings (SSSR count). The molecule has 0 aliphatic heterocycles. The first-order chi connectivity index (χ1) is 12.2. The fourth-order valence-electron chi connectivity index (χ4n) is 4.18. The quantitative estimate of drug-likeness (QED) is 0.608. The molecule has 3 nitrogen and oxygen atoms in total. The van der Waals surface area contributed by atoms with Crippen molar-refractivity contribution in [3.8, 4) is 11.3 Å². The Kier molecular flexibility index (Phi) is 3.56. The lowest BCUT2D eigenvalue weighted by atomic mass is 9.63. The lowest BCUT2D eigenvalue weighted by molar-refractivity contribution is 0.0697. The molecule has 3 aromatic rings. The smallest absolute Gasteiger partial charge is 0.335 e. The summed E-state index contributed by atoms with van der Waals surface area (Å²) < 4.78 is 0. The van der Waals surface area contributed by atoms with Gasteiger partial charge in [0.25, 0.3) is 0 Å². The van der Waals surface area contributed by atoms with Gasteiger partial charge in [0.15, 0.2) is 0 Å². The fourth-order valence-corrected chi connectivity index (χ4v) is 4.18. The second kappa shape index (κ2) is 5.47. The summed E-state index contributed by atoms with van der Waals surface area (Å²) in [6, 6.07) is 14.0. The second-order valence-electron chi connectivity index (χ2n) is 8.82. The van der Waals surface area contributed by atoms with Crippen molar-refractivity contribution < 1.29 is 9.90 Å². The van der Waals surface area contributed by atoms with Gasteiger partial charge in [-0.3, -0.25) is 0 Å². The summed E-state index contributed by atoms with van der Waals surface area (Å²) in [4.78, 5) is 14.6. The molecule has 26 heavy (non-hydrogen) atoms. The van der Waals surface area contributed by atoms with Gasteiger partial charge in [0.2, 0.25) is 0 Å². The van der Waals surface area contributed by atoms with Crippen LogP contribution in [0.3, 0.4) is 0 Å². The normalized spacial score (nSPS) is 17.8. The lowest BCUT2D eigenvalue weighted by Gasteiger charge is -2.42. The predicted octanol–water partition coefficient (Wildman–Crippen LogP) is 5.88. The molecule has 2 aromatic carbocycles. The highest BCUT2D eigenvalue weighted by atomic mass is 16.4. The first kappa shape index (κ1) is 16.9. The third kappa shape index (κ3) is 2.63. The Bertz CT molecular complexity index is 1020. The van der Waals surface area contributed by atoms with Crippen molar-refractivity contribution in [2.24, 2.45) is 0 Å². The van der Waals surface area contributed by atoms with Gasteiger partial charge in [0.1, 0.15) is 0 Å². The molecule has 0 fully saturated rings. The minimum Gasteiger partial charge on any atom is -0.478 e. The number of aromatic nitrogens is 1. The van der Waals surface area contributed by atoms with Crippen molar-refractivity contribution in [3.63, 3.8) is 0 Å². The van der Waals surface area contributed by atoms with E-state index in [1.807, 2.05) is 12.1 Å². The largest absolute Gasteiger partial charge is 0.478 e. The third-order valence-electron chi connectivity index (χ3n) is 6.03. The molecule has 0 atom stereocenters. The van der Waals surface area contributed by atoms with E-state index in [2.05, 4.69) is 50.9 Å². The fraction of sp³-hybridized carbons (Fsp3) is 0.348. The minimum absolute atomic E-state index is 0.170. The number of benzene rings is 2. The first-order valence-electron chi connectivity index (χ1n) is 9.19. The molecule has 2 N–H and O–H groups in total. The molecular weight excluding hydrogens is 322 g/mol. The molecular formula is C23H25NO2. The van der Waals surface area contributed by atoms with Crippen LogP contribution in [0.15, 0.2) is 42.5 Å². The topological polar surface area (TPSA) is 53.1 Å². The highest BCUT2D eigenvalue weighted by Gasteiger charge is 2.37. The second-order valence-corrected chi connectivity index (χ2v) is 8.82. The van der Waals surface area contributed by atoms with Gasteiger partial charge in [0, 0.05) is 16.6 Å². The van der Waals surface area contributed by atoms with Crippen LogP contribution in [0.5, 0.6) is 0 Å². The molecule has 0 bridgehead atoms. The van der Waals surface area contributed by atoms with Crippen LogP contribution in [-0.4, -0.2) is 16.1 Å². The maximum atomic E-state index is 11.2. The van der Waals surface area contributed by atoms with E-state index in [9.17, 15) is 9.90 Å². The van der Waals surface area contributed by atoms with Crippen molar-refractivity contribution in [1.82, 2.24) is 4.98 Å². The number of hydrogen-bond acceptors (Lipinski definition) is 1. The lowest BCUT2D eigenvalue weighted by Crippen LogP contribution is -2.33. The van der Waals surface area contributed by atoms with Gasteiger partial charge >= 0.3 is 5.97 Å². The molecule has 1 aromatic heterocycles. The van der Waals surface area contributed by atoms with Gasteiger partial charge in [-0.05, 0) is 70.7 Å². The van der Waals surface area contributed by atoms with E-state index in [1.54, 1.807) is 12.1 Å². The van der Waals surface area contributed by atoms with Crippen LogP contribution in [0.2, 0.25) is 0 Å². The summed E-state index contributed by atoms with van der Waals surface area (Å²) in [6.07, 6.45) is 2.39. The predicted molar refractivity (Wildman–Crippen MR) is 106 cm³/mol. The number of rotatable bonds is 2. The van der Waals surface area contributed by atoms with Crippen LogP contribution >= 0.6 is 0 Å². The van der Waals surface area contributed by atoms with E-state index in [1.165, 1.54) is 24.0 Å². The van der Waals surface area contributed by atoms with E-state index in [4.69, 9.17) is 0 Å². The number of fused-ring (bicyclic) bond motifs is 2. The van der Waals surface area contributed by atoms with E-state index in [0.29, 0.717) is 5.56 Å². The molecule has 0 saturated heterocycles. The molecule has 1 aliphatic rings. The molecule has 1 heterocycles. The van der Waals surface area contributed by atoms with E-state index >= 15 is 0 Å². The maximum absolute atomic E-state index is 11.2. The van der Waals surface area contributed by atoms with Gasteiger partial charge in [-0.25, -0.2) is 4.79 Å². The number of aromatic carboxylic acids is 1. The number of nitrogens with one attached hydrogen (secondary N) is 1. The van der Waals surface area contributed by atoms with E-state index in [0.717, 1.165) is 22.2 Å². The summed E-state index contributed by atoms with van der Waals surface area (Å²) in [5.74, 6) is -0.896. The van der Waals surface area contributed by atoms with Gasteiger partial charge in [-0.15, -0.1) is 0 Å². The molecule has 0 unspecified atom stereocenters. The van der Waals surface area contributed by atoms with Crippen LogP contribution < -0.4 is 0 Å². The van der Waals surface area contributed by atoms with Gasteiger partial charge < -0.3 is 10.1 Å². The zero-order valence-corrected chi connectivity index (χ0v) is 15.8. The van der Waals surface area contributed by atoms with Crippen LogP contribution in [0.4, 0.5) is 0 Å². The Hall–Kier alpha value is -2.55. The summed E-state index contributed by atoms with van der Waals surface area (Å²) >= 11 is 0. The summed E-state index contributed by atoms with van der Waals surface area (Å²) in [6.45, 7) is 9.32. The molecule has 0 amide bonds. The van der Waals surface area contributed by atoms with Gasteiger partial charge in [0.05, 0.1) is 5.56 Å². The maximum Gasteiger partial charge on any atom is 0.335 e. The van der Waals surface area contributed by atoms with Crippen molar-refractivity contribution in [1.29, 1.82) is 0 Å². The Morgan fingerprint density at radius 1 is 0.923 bits per heavy atom. The Labute approximate surface area is 154 Å². The highest BCUT2D eigenvalue weighted by molar-refractivity contribution is 5.95. The average molecular weight is 347 g/mol. The third-order valence-corrected chi connectivity index (χ3v) is 6.03. The minimum atomic E-state index is -0.896. The zero-order chi connectivity index (χ0) is 18.7. The Morgan fingerprint density at radius 2 is 1.62 bits per heavy atom. The van der Waals surface area contributed by atoms with Crippen molar-refractivity contribution in [2.45, 2.75) is 51.4 Å². The molecule has 0 radical (unpaired) electrons. The Balaban J connectivity index is 1.84. The number of carbonyl (C=O) groups is 1. The number of carboxylic acids is 1. The summed E-state index contributed by atoms with van der Waals surface area (Å²) in [5.41, 5.74) is 6.72. The molecule has 0 spiro atoms. The number of hydrogen-bond donors (Lipinski definition) is 2. The standard InChI is InChI=1S/C23H25NO2/c1-22(2)9-10-23(3,4)18-12-14(5-7-17(18)22)20-13-16-11-15(21(25)26)6-8-19(16)24-20/h5-8,11-13,24H,9-10H2,1-4H3,(H,25,26). The number of aromatic amines is 1. The monoisotopic (exact) mass is 347 g/mol. The molecule has 0 saturated carbocycles. The van der Waals surface area contributed by atoms with Crippen molar-refractivity contribution in [3.05, 3.63) is 59.2 Å². The summed E-state index contributed by atoms with van der Waals surface area (Å²) in [7, 11) is 0. The molecule has 134 valence electrons. The van der Waals surface area contributed by atoms with E-state index < -0.39 is 5.97 Å². The van der Waals surface area contributed by atoms with Gasteiger partial charge in [-0.1, -0.05) is 39.8 Å². The van der Waals surface area contributed by atoms with Crippen LogP contribution in [0.1, 0.15) is 62.0 Å². The number of H-pyrrole nitrogens is 1. The van der Waals surface area contributed by atoms with Crippen LogP contribution in [0, 0.1) is 0 Å². The van der Waals surface area contributed by atoms with Crippen molar-refractivity contribution in [2.75, 3.05) is 0 Å². The highest BCUT2D eigenvalue weighted by Crippen LogP contribution is 2.46. The zero-order valence-electron chi connectivity index (χ0n) is 15.8. The van der Waals surface area contributed by atoms with Crippen LogP contribution in [-0.2, 0) is 10.8 Å².